The van der Waals surface area contributed by atoms with Gasteiger partial charge in [0.05, 0.1) is 0 Å². The van der Waals surface area contributed by atoms with Crippen molar-refractivity contribution in [3.63, 3.8) is 0 Å². The lowest BCUT2D eigenvalue weighted by molar-refractivity contribution is -0.142. The SMILES string of the molecule is CC(C)C[C@H](NC(=O)CCNS(=O)(=O)c1cccnc1)C(=O)O. The Hall–Kier alpha value is -2.00. The summed E-state index contributed by atoms with van der Waals surface area (Å²) < 4.78 is 26.1. The number of aromatic nitrogens is 1. The number of nitrogens with zero attached hydrogens (tertiary/aromatic N) is 1. The lowest BCUT2D eigenvalue weighted by atomic mass is 10.0. The van der Waals surface area contributed by atoms with Crippen LogP contribution in [0.4, 0.5) is 0 Å². The maximum atomic E-state index is 11.9. The Balaban J connectivity index is 2.49. The van der Waals surface area contributed by atoms with Crippen molar-refractivity contribution in [1.29, 1.82) is 0 Å². The number of carboxylic acids is 1. The predicted octanol–water partition coefficient (Wildman–Crippen LogP) is 0.366. The minimum Gasteiger partial charge on any atom is -0.480 e. The average Bonchev–Trinajstić information content (AvgIpc) is 2.46. The monoisotopic (exact) mass is 343 g/mol. The van der Waals surface area contributed by atoms with Crippen LogP contribution in [0, 0.1) is 5.92 Å². The van der Waals surface area contributed by atoms with Gasteiger partial charge in [-0.1, -0.05) is 13.8 Å². The van der Waals surface area contributed by atoms with E-state index in [9.17, 15) is 18.0 Å². The zero-order valence-corrected chi connectivity index (χ0v) is 13.8. The number of aliphatic carboxylic acids is 1. The third kappa shape index (κ3) is 6.74. The van der Waals surface area contributed by atoms with Crippen molar-refractivity contribution in [1.82, 2.24) is 15.0 Å². The molecule has 1 rings (SSSR count). The van der Waals surface area contributed by atoms with Gasteiger partial charge in [-0.25, -0.2) is 17.9 Å². The fourth-order valence-electron chi connectivity index (χ4n) is 1.85. The van der Waals surface area contributed by atoms with Crippen molar-refractivity contribution >= 4 is 21.9 Å². The van der Waals surface area contributed by atoms with Crippen molar-refractivity contribution < 1.29 is 23.1 Å². The van der Waals surface area contributed by atoms with Gasteiger partial charge in [0.15, 0.2) is 0 Å². The number of amides is 1. The van der Waals surface area contributed by atoms with E-state index in [1.54, 1.807) is 0 Å². The molecule has 0 aromatic carbocycles. The molecule has 1 aromatic rings. The second-order valence-electron chi connectivity index (χ2n) is 5.42. The molecular weight excluding hydrogens is 322 g/mol. The third-order valence-electron chi connectivity index (χ3n) is 2.93. The fourth-order valence-corrected chi connectivity index (χ4v) is 2.84. The molecule has 0 aliphatic carbocycles. The van der Waals surface area contributed by atoms with Gasteiger partial charge in [-0.3, -0.25) is 9.78 Å². The largest absolute Gasteiger partial charge is 0.480 e. The van der Waals surface area contributed by atoms with E-state index in [1.165, 1.54) is 24.5 Å². The molecule has 0 radical (unpaired) electrons. The van der Waals surface area contributed by atoms with E-state index in [2.05, 4.69) is 15.0 Å². The summed E-state index contributed by atoms with van der Waals surface area (Å²) in [6.07, 6.45) is 2.81. The number of carbonyl (C=O) groups is 2. The predicted molar refractivity (Wildman–Crippen MR) is 83.1 cm³/mol. The Morgan fingerprint density at radius 3 is 2.57 bits per heavy atom. The molecule has 8 nitrogen and oxygen atoms in total. The van der Waals surface area contributed by atoms with Crippen LogP contribution in [-0.2, 0) is 19.6 Å². The fraction of sp³-hybridized carbons (Fsp3) is 0.500. The van der Waals surface area contributed by atoms with Gasteiger partial charge in [-0.05, 0) is 24.5 Å². The van der Waals surface area contributed by atoms with E-state index in [0.29, 0.717) is 6.42 Å². The van der Waals surface area contributed by atoms with Gasteiger partial charge in [0.1, 0.15) is 10.9 Å². The molecule has 0 spiro atoms. The smallest absolute Gasteiger partial charge is 0.326 e. The van der Waals surface area contributed by atoms with Crippen LogP contribution in [-0.4, -0.2) is 43.0 Å². The number of carboxylic acid groups (broad SMARTS) is 1. The molecule has 0 fully saturated rings. The Bertz CT molecular complexity index is 631. The summed E-state index contributed by atoms with van der Waals surface area (Å²) in [6.45, 7) is 3.57. The topological polar surface area (TPSA) is 125 Å². The Labute approximate surface area is 135 Å². The number of hydrogen-bond acceptors (Lipinski definition) is 5. The van der Waals surface area contributed by atoms with Gasteiger partial charge < -0.3 is 10.4 Å². The van der Waals surface area contributed by atoms with E-state index in [-0.39, 0.29) is 23.8 Å². The highest BCUT2D eigenvalue weighted by molar-refractivity contribution is 7.89. The molecule has 1 atom stereocenters. The molecule has 1 aromatic heterocycles. The molecule has 0 aliphatic rings. The van der Waals surface area contributed by atoms with Crippen molar-refractivity contribution in [2.75, 3.05) is 6.54 Å². The summed E-state index contributed by atoms with van der Waals surface area (Å²) in [6, 6.07) is 1.90. The van der Waals surface area contributed by atoms with E-state index >= 15 is 0 Å². The highest BCUT2D eigenvalue weighted by Crippen LogP contribution is 2.06. The van der Waals surface area contributed by atoms with Crippen LogP contribution in [0.2, 0.25) is 0 Å². The molecule has 0 unspecified atom stereocenters. The van der Waals surface area contributed by atoms with E-state index in [0.717, 1.165) is 0 Å². The molecule has 0 aliphatic heterocycles. The number of sulfonamides is 1. The van der Waals surface area contributed by atoms with Crippen LogP contribution < -0.4 is 10.0 Å². The molecule has 9 heteroatoms. The highest BCUT2D eigenvalue weighted by atomic mass is 32.2. The van der Waals surface area contributed by atoms with E-state index < -0.39 is 27.9 Å². The minimum absolute atomic E-state index is 0.00336. The molecule has 23 heavy (non-hydrogen) atoms. The summed E-state index contributed by atoms with van der Waals surface area (Å²) in [5.74, 6) is -1.52. The Morgan fingerprint density at radius 1 is 1.35 bits per heavy atom. The Morgan fingerprint density at radius 2 is 2.04 bits per heavy atom. The van der Waals surface area contributed by atoms with Crippen LogP contribution in [0.1, 0.15) is 26.7 Å². The summed E-state index contributed by atoms with van der Waals surface area (Å²) in [5.41, 5.74) is 0. The van der Waals surface area contributed by atoms with Crippen molar-refractivity contribution in [2.45, 2.75) is 37.6 Å². The molecular formula is C14H21N3O5S. The first-order valence-electron chi connectivity index (χ1n) is 7.14. The first-order chi connectivity index (χ1) is 10.7. The molecule has 0 saturated carbocycles. The first-order valence-corrected chi connectivity index (χ1v) is 8.62. The van der Waals surface area contributed by atoms with Gasteiger partial charge in [0, 0.05) is 25.4 Å². The van der Waals surface area contributed by atoms with Gasteiger partial charge in [0.25, 0.3) is 0 Å². The second kappa shape index (κ2) is 8.59. The number of hydrogen-bond donors (Lipinski definition) is 3. The lowest BCUT2D eigenvalue weighted by Crippen LogP contribution is -2.42. The zero-order chi connectivity index (χ0) is 17.5. The molecule has 0 saturated heterocycles. The maximum absolute atomic E-state index is 11.9. The number of pyridine rings is 1. The zero-order valence-electron chi connectivity index (χ0n) is 13.0. The highest BCUT2D eigenvalue weighted by Gasteiger charge is 2.21. The van der Waals surface area contributed by atoms with Crippen LogP contribution in [0.3, 0.4) is 0 Å². The minimum atomic E-state index is -3.73. The summed E-state index contributed by atoms with van der Waals surface area (Å²) in [5, 5.41) is 11.4. The van der Waals surface area contributed by atoms with E-state index in [1.807, 2.05) is 13.8 Å². The van der Waals surface area contributed by atoms with E-state index in [4.69, 9.17) is 5.11 Å². The van der Waals surface area contributed by atoms with Crippen molar-refractivity contribution in [2.24, 2.45) is 5.92 Å². The number of rotatable bonds is 9. The average molecular weight is 343 g/mol. The summed E-state index contributed by atoms with van der Waals surface area (Å²) >= 11 is 0. The second-order valence-corrected chi connectivity index (χ2v) is 7.19. The van der Waals surface area contributed by atoms with Crippen molar-refractivity contribution in [3.8, 4) is 0 Å². The van der Waals surface area contributed by atoms with Crippen molar-refractivity contribution in [3.05, 3.63) is 24.5 Å². The standard InChI is InChI=1S/C14H21N3O5S/c1-10(2)8-12(14(19)20)17-13(18)5-7-16-23(21,22)11-4-3-6-15-9-11/h3-4,6,9-10,12,16H,5,7-8H2,1-2H3,(H,17,18)(H,19,20)/t12-/m0/s1. The molecule has 3 N–H and O–H groups in total. The van der Waals surface area contributed by atoms with Crippen LogP contribution in [0.25, 0.3) is 0 Å². The third-order valence-corrected chi connectivity index (χ3v) is 4.38. The normalized spacial score (nSPS) is 12.8. The number of carbonyl (C=O) groups excluding carboxylic acids is 1. The quantitative estimate of drug-likeness (QED) is 0.594. The molecule has 128 valence electrons. The van der Waals surface area contributed by atoms with Crippen LogP contribution in [0.15, 0.2) is 29.4 Å². The molecule has 1 heterocycles. The summed E-state index contributed by atoms with van der Waals surface area (Å²) in [7, 11) is -3.73. The van der Waals surface area contributed by atoms with Gasteiger partial charge in [-0.15, -0.1) is 0 Å². The Kier molecular flexibility index (Phi) is 7.11. The number of nitrogens with one attached hydrogen (secondary N) is 2. The molecule has 0 bridgehead atoms. The van der Waals surface area contributed by atoms with Crippen LogP contribution >= 0.6 is 0 Å². The van der Waals surface area contributed by atoms with Gasteiger partial charge in [0.2, 0.25) is 15.9 Å². The summed E-state index contributed by atoms with van der Waals surface area (Å²) in [4.78, 5) is 26.5. The van der Waals surface area contributed by atoms with Gasteiger partial charge in [-0.2, -0.15) is 0 Å². The maximum Gasteiger partial charge on any atom is 0.326 e. The molecule has 1 amide bonds. The van der Waals surface area contributed by atoms with Gasteiger partial charge >= 0.3 is 5.97 Å². The lowest BCUT2D eigenvalue weighted by Gasteiger charge is -2.16. The first kappa shape index (κ1) is 19.0. The van der Waals surface area contributed by atoms with Crippen LogP contribution in [0.5, 0.6) is 0 Å².